The van der Waals surface area contributed by atoms with Crippen LogP contribution >= 0.6 is 0 Å². The topological polar surface area (TPSA) is 32.3 Å². The monoisotopic (exact) mass is 141 g/mol. The molecule has 0 spiro atoms. The minimum absolute atomic E-state index is 0.00579. The minimum atomic E-state index is -0.00579. The van der Waals surface area contributed by atoms with Gasteiger partial charge >= 0.3 is 0 Å². The highest BCUT2D eigenvalue weighted by Crippen LogP contribution is 2.32. The summed E-state index contributed by atoms with van der Waals surface area (Å²) >= 11 is 0. The van der Waals surface area contributed by atoms with E-state index in [4.69, 9.17) is 0 Å². The Bertz CT molecular complexity index is 126. The highest BCUT2D eigenvalue weighted by atomic mass is 16.3. The summed E-state index contributed by atoms with van der Waals surface area (Å²) in [5.74, 6) is 1.36. The van der Waals surface area contributed by atoms with Crippen LogP contribution in [0.5, 0.6) is 0 Å². The zero-order chi connectivity index (χ0) is 6.97. The van der Waals surface area contributed by atoms with Gasteiger partial charge in [-0.2, -0.15) is 0 Å². The summed E-state index contributed by atoms with van der Waals surface area (Å²) < 4.78 is 0. The van der Waals surface area contributed by atoms with E-state index in [0.29, 0.717) is 5.92 Å². The number of hydrogen-bond acceptors (Lipinski definition) is 2. The van der Waals surface area contributed by atoms with Gasteiger partial charge in [0.1, 0.15) is 0 Å². The number of nitrogens with one attached hydrogen (secondary N) is 1. The van der Waals surface area contributed by atoms with Crippen LogP contribution in [0.4, 0.5) is 0 Å². The van der Waals surface area contributed by atoms with Crippen LogP contribution in [0.2, 0.25) is 0 Å². The molecule has 1 aliphatic carbocycles. The van der Waals surface area contributed by atoms with Gasteiger partial charge in [-0.1, -0.05) is 6.42 Å². The summed E-state index contributed by atoms with van der Waals surface area (Å²) in [5, 5.41) is 12.9. The lowest BCUT2D eigenvalue weighted by Crippen LogP contribution is -2.31. The van der Waals surface area contributed by atoms with Crippen LogP contribution in [-0.4, -0.2) is 24.3 Å². The predicted octanol–water partition coefficient (Wildman–Crippen LogP) is 0.367. The van der Waals surface area contributed by atoms with Gasteiger partial charge < -0.3 is 10.4 Å². The fraction of sp³-hybridized carbons (Fsp3) is 1.00. The van der Waals surface area contributed by atoms with Crippen LogP contribution in [-0.2, 0) is 0 Å². The van der Waals surface area contributed by atoms with E-state index in [-0.39, 0.29) is 6.10 Å². The second-order valence-electron chi connectivity index (χ2n) is 3.58. The molecule has 2 fully saturated rings. The predicted molar refractivity (Wildman–Crippen MR) is 39.7 cm³/mol. The van der Waals surface area contributed by atoms with Crippen molar-refractivity contribution in [1.82, 2.24) is 5.32 Å². The molecule has 0 aromatic rings. The van der Waals surface area contributed by atoms with Gasteiger partial charge in [-0.05, 0) is 25.3 Å². The first-order valence-electron chi connectivity index (χ1n) is 4.26. The zero-order valence-electron chi connectivity index (χ0n) is 6.21. The molecule has 0 aromatic carbocycles. The lowest BCUT2D eigenvalue weighted by Gasteiger charge is -2.28. The van der Waals surface area contributed by atoms with Crippen molar-refractivity contribution in [2.24, 2.45) is 11.8 Å². The molecule has 1 saturated heterocycles. The largest absolute Gasteiger partial charge is 0.393 e. The first kappa shape index (κ1) is 6.62. The molecule has 1 heterocycles. The molecule has 0 amide bonds. The Morgan fingerprint density at radius 3 is 2.90 bits per heavy atom. The average Bonchev–Trinajstić information content (AvgIpc) is 2.36. The highest BCUT2D eigenvalue weighted by Gasteiger charge is 2.35. The molecular formula is C8H15NO. The molecular weight excluding hydrogens is 126 g/mol. The fourth-order valence-corrected chi connectivity index (χ4v) is 2.32. The Hall–Kier alpha value is -0.0800. The second kappa shape index (κ2) is 2.51. The van der Waals surface area contributed by atoms with Crippen molar-refractivity contribution in [1.29, 1.82) is 0 Å². The molecule has 0 radical (unpaired) electrons. The maximum Gasteiger partial charge on any atom is 0.0583 e. The van der Waals surface area contributed by atoms with E-state index in [2.05, 4.69) is 5.32 Å². The Morgan fingerprint density at radius 1 is 1.20 bits per heavy atom. The van der Waals surface area contributed by atoms with Gasteiger partial charge in [0, 0.05) is 12.5 Å². The lowest BCUT2D eigenvalue weighted by molar-refractivity contribution is 0.0563. The maximum absolute atomic E-state index is 9.54. The van der Waals surface area contributed by atoms with Crippen LogP contribution in [0.1, 0.15) is 19.3 Å². The van der Waals surface area contributed by atoms with Crippen LogP contribution in [0.25, 0.3) is 0 Å². The van der Waals surface area contributed by atoms with Gasteiger partial charge in [0.25, 0.3) is 0 Å². The van der Waals surface area contributed by atoms with Crippen molar-refractivity contribution in [2.45, 2.75) is 25.4 Å². The average molecular weight is 141 g/mol. The van der Waals surface area contributed by atoms with Crippen molar-refractivity contribution in [3.63, 3.8) is 0 Å². The van der Waals surface area contributed by atoms with E-state index in [1.54, 1.807) is 0 Å². The summed E-state index contributed by atoms with van der Waals surface area (Å²) in [6.45, 7) is 2.19. The van der Waals surface area contributed by atoms with Crippen molar-refractivity contribution in [3.8, 4) is 0 Å². The normalized spacial score (nSPS) is 47.1. The molecule has 2 rings (SSSR count). The van der Waals surface area contributed by atoms with Gasteiger partial charge in [-0.3, -0.25) is 0 Å². The van der Waals surface area contributed by atoms with E-state index >= 15 is 0 Å². The molecule has 58 valence electrons. The fourth-order valence-electron chi connectivity index (χ4n) is 2.32. The van der Waals surface area contributed by atoms with Crippen LogP contribution in [0.3, 0.4) is 0 Å². The van der Waals surface area contributed by atoms with E-state index < -0.39 is 0 Å². The Morgan fingerprint density at radius 2 is 2.10 bits per heavy atom. The molecule has 10 heavy (non-hydrogen) atoms. The van der Waals surface area contributed by atoms with Crippen LogP contribution < -0.4 is 5.32 Å². The first-order valence-corrected chi connectivity index (χ1v) is 4.26. The zero-order valence-corrected chi connectivity index (χ0v) is 6.21. The Labute approximate surface area is 61.6 Å². The molecule has 2 N–H and O–H groups in total. The molecule has 3 atom stereocenters. The quantitative estimate of drug-likeness (QED) is 0.510. The van der Waals surface area contributed by atoms with Gasteiger partial charge in [0.15, 0.2) is 0 Å². The van der Waals surface area contributed by atoms with E-state index in [1.165, 1.54) is 12.8 Å². The molecule has 1 aliphatic heterocycles. The third-order valence-corrected chi connectivity index (χ3v) is 2.96. The van der Waals surface area contributed by atoms with E-state index in [1.807, 2.05) is 0 Å². The lowest BCUT2D eigenvalue weighted by atomic mass is 9.80. The van der Waals surface area contributed by atoms with Crippen molar-refractivity contribution in [2.75, 3.05) is 13.1 Å². The molecule has 0 unspecified atom stereocenters. The minimum Gasteiger partial charge on any atom is -0.393 e. The number of aliphatic hydroxyl groups excluding tert-OH is 1. The summed E-state index contributed by atoms with van der Waals surface area (Å²) in [6.07, 6.45) is 3.58. The second-order valence-corrected chi connectivity index (χ2v) is 3.58. The number of rotatable bonds is 0. The Balaban J connectivity index is 2.03. The van der Waals surface area contributed by atoms with Gasteiger partial charge in [0.05, 0.1) is 6.10 Å². The summed E-state index contributed by atoms with van der Waals surface area (Å²) in [6, 6.07) is 0. The van der Waals surface area contributed by atoms with Crippen molar-refractivity contribution >= 4 is 0 Å². The van der Waals surface area contributed by atoms with Gasteiger partial charge in [-0.15, -0.1) is 0 Å². The standard InChI is InChI=1S/C8H15NO/c10-8-3-1-2-6-4-9-5-7(6)8/h6-10H,1-5H2/t6-,7-,8+/m1/s1. The molecule has 0 aromatic heterocycles. The third kappa shape index (κ3) is 0.956. The number of aliphatic hydroxyl groups is 1. The van der Waals surface area contributed by atoms with E-state index in [0.717, 1.165) is 25.4 Å². The number of hydrogen-bond donors (Lipinski definition) is 2. The van der Waals surface area contributed by atoms with Gasteiger partial charge in [-0.25, -0.2) is 0 Å². The van der Waals surface area contributed by atoms with Crippen LogP contribution in [0.15, 0.2) is 0 Å². The van der Waals surface area contributed by atoms with Crippen molar-refractivity contribution in [3.05, 3.63) is 0 Å². The summed E-state index contributed by atoms with van der Waals surface area (Å²) in [5.41, 5.74) is 0. The molecule has 2 nitrogen and oxygen atoms in total. The number of fused-ring (bicyclic) bond motifs is 1. The smallest absolute Gasteiger partial charge is 0.0583 e. The van der Waals surface area contributed by atoms with Crippen molar-refractivity contribution < 1.29 is 5.11 Å². The van der Waals surface area contributed by atoms with Crippen LogP contribution in [0, 0.1) is 11.8 Å². The molecule has 2 aliphatic rings. The maximum atomic E-state index is 9.54. The van der Waals surface area contributed by atoms with E-state index in [9.17, 15) is 5.11 Å². The van der Waals surface area contributed by atoms with Gasteiger partial charge in [0.2, 0.25) is 0 Å². The SMILES string of the molecule is O[C@H]1CCC[C@@H]2CNC[C@H]21. The molecule has 1 saturated carbocycles. The first-order chi connectivity index (χ1) is 4.88. The third-order valence-electron chi connectivity index (χ3n) is 2.96. The summed E-state index contributed by atoms with van der Waals surface area (Å²) in [4.78, 5) is 0. The molecule has 0 bridgehead atoms. The highest BCUT2D eigenvalue weighted by molar-refractivity contribution is 4.89. The Kier molecular flexibility index (Phi) is 1.66. The molecule has 2 heteroatoms. The summed E-state index contributed by atoms with van der Waals surface area (Å²) in [7, 11) is 0.